The van der Waals surface area contributed by atoms with Crippen molar-refractivity contribution in [2.24, 2.45) is 5.92 Å². The van der Waals surface area contributed by atoms with E-state index in [0.29, 0.717) is 19.6 Å². The molecule has 1 aromatic heterocycles. The molecule has 0 aliphatic carbocycles. The number of likely N-dealkylation sites (tertiary alicyclic amines) is 1. The molecule has 25 heavy (non-hydrogen) atoms. The van der Waals surface area contributed by atoms with Gasteiger partial charge in [0.15, 0.2) is 0 Å². The number of anilines is 1. The van der Waals surface area contributed by atoms with Crippen LogP contribution in [0.15, 0.2) is 41.8 Å². The SMILES string of the molecule is Cc1ccc(NC(=O)C2CCCN(C(=O)NCc3cccs3)C2)cc1. The standard InChI is InChI=1S/C19H23N3O2S/c1-14-6-8-16(9-7-14)21-18(23)15-4-2-10-22(13-15)19(24)20-12-17-5-3-11-25-17/h3,5-9,11,15H,2,4,10,12-13H2,1H3,(H,20,24)(H,21,23). The Morgan fingerprint density at radius 2 is 2.04 bits per heavy atom. The van der Waals surface area contributed by atoms with Gasteiger partial charge in [-0.2, -0.15) is 0 Å². The number of carbonyl (C=O) groups is 2. The minimum atomic E-state index is -0.164. The summed E-state index contributed by atoms with van der Waals surface area (Å²) in [7, 11) is 0. The molecular formula is C19H23N3O2S. The molecule has 0 bridgehead atoms. The lowest BCUT2D eigenvalue weighted by Gasteiger charge is -2.32. The normalized spacial score (nSPS) is 17.2. The van der Waals surface area contributed by atoms with E-state index in [-0.39, 0.29) is 17.9 Å². The number of rotatable bonds is 4. The van der Waals surface area contributed by atoms with E-state index in [1.165, 1.54) is 0 Å². The average molecular weight is 357 g/mol. The highest BCUT2D eigenvalue weighted by atomic mass is 32.1. The first-order chi connectivity index (χ1) is 12.1. The molecule has 1 unspecified atom stereocenters. The summed E-state index contributed by atoms with van der Waals surface area (Å²) in [5, 5.41) is 7.89. The van der Waals surface area contributed by atoms with Crippen LogP contribution in [0.1, 0.15) is 23.3 Å². The summed E-state index contributed by atoms with van der Waals surface area (Å²) >= 11 is 1.62. The van der Waals surface area contributed by atoms with E-state index in [2.05, 4.69) is 10.6 Å². The Bertz CT molecular complexity index is 713. The van der Waals surface area contributed by atoms with Crippen molar-refractivity contribution in [2.45, 2.75) is 26.3 Å². The summed E-state index contributed by atoms with van der Waals surface area (Å²) in [5.74, 6) is -0.179. The lowest BCUT2D eigenvalue weighted by molar-refractivity contribution is -0.121. The van der Waals surface area contributed by atoms with Crippen LogP contribution in [0.2, 0.25) is 0 Å². The number of benzene rings is 1. The maximum absolute atomic E-state index is 12.5. The van der Waals surface area contributed by atoms with Gasteiger partial charge in [-0.1, -0.05) is 23.8 Å². The zero-order valence-electron chi connectivity index (χ0n) is 14.3. The van der Waals surface area contributed by atoms with Crippen molar-refractivity contribution < 1.29 is 9.59 Å². The molecule has 6 heteroatoms. The Labute approximate surface area is 152 Å². The molecule has 1 aliphatic heterocycles. The third kappa shape index (κ3) is 4.82. The minimum absolute atomic E-state index is 0.0143. The molecule has 1 atom stereocenters. The quantitative estimate of drug-likeness (QED) is 0.878. The molecule has 2 N–H and O–H groups in total. The van der Waals surface area contributed by atoms with Crippen molar-refractivity contribution in [3.8, 4) is 0 Å². The van der Waals surface area contributed by atoms with E-state index >= 15 is 0 Å². The van der Waals surface area contributed by atoms with E-state index in [0.717, 1.165) is 29.0 Å². The summed E-state index contributed by atoms with van der Waals surface area (Å²) in [6.45, 7) is 3.71. The van der Waals surface area contributed by atoms with Crippen LogP contribution < -0.4 is 10.6 Å². The van der Waals surface area contributed by atoms with Gasteiger partial charge in [-0.3, -0.25) is 4.79 Å². The fourth-order valence-corrected chi connectivity index (χ4v) is 3.59. The van der Waals surface area contributed by atoms with E-state index in [1.807, 2.05) is 48.7 Å². The van der Waals surface area contributed by atoms with Gasteiger partial charge in [0.1, 0.15) is 0 Å². The van der Waals surface area contributed by atoms with E-state index in [4.69, 9.17) is 0 Å². The third-order valence-electron chi connectivity index (χ3n) is 4.39. The lowest BCUT2D eigenvalue weighted by Crippen LogP contribution is -2.47. The number of hydrogen-bond acceptors (Lipinski definition) is 3. The Morgan fingerprint density at radius 1 is 1.24 bits per heavy atom. The number of hydrogen-bond donors (Lipinski definition) is 2. The van der Waals surface area contributed by atoms with Crippen LogP contribution in [0.5, 0.6) is 0 Å². The summed E-state index contributed by atoms with van der Waals surface area (Å²) < 4.78 is 0. The molecule has 1 fully saturated rings. The van der Waals surface area contributed by atoms with Crippen LogP contribution in [0, 0.1) is 12.8 Å². The molecule has 3 amide bonds. The number of nitrogens with zero attached hydrogens (tertiary/aromatic N) is 1. The van der Waals surface area contributed by atoms with Crippen molar-refractivity contribution in [2.75, 3.05) is 18.4 Å². The zero-order chi connectivity index (χ0) is 17.6. The number of piperidine rings is 1. The number of nitrogens with one attached hydrogen (secondary N) is 2. The van der Waals surface area contributed by atoms with Crippen LogP contribution >= 0.6 is 11.3 Å². The van der Waals surface area contributed by atoms with Crippen molar-refractivity contribution in [1.29, 1.82) is 0 Å². The van der Waals surface area contributed by atoms with Crippen LogP contribution in [-0.4, -0.2) is 29.9 Å². The smallest absolute Gasteiger partial charge is 0.317 e. The van der Waals surface area contributed by atoms with Crippen molar-refractivity contribution >= 4 is 29.0 Å². The zero-order valence-corrected chi connectivity index (χ0v) is 15.1. The van der Waals surface area contributed by atoms with Gasteiger partial charge >= 0.3 is 6.03 Å². The van der Waals surface area contributed by atoms with Gasteiger partial charge in [-0.05, 0) is 43.3 Å². The predicted molar refractivity (Wildman–Crippen MR) is 101 cm³/mol. The van der Waals surface area contributed by atoms with E-state index < -0.39 is 0 Å². The van der Waals surface area contributed by atoms with Crippen LogP contribution in [0.25, 0.3) is 0 Å². The Hall–Kier alpha value is -2.34. The molecule has 1 aliphatic rings. The fourth-order valence-electron chi connectivity index (χ4n) is 2.94. The molecule has 132 valence electrons. The van der Waals surface area contributed by atoms with Crippen molar-refractivity contribution in [1.82, 2.24) is 10.2 Å². The monoisotopic (exact) mass is 357 g/mol. The highest BCUT2D eigenvalue weighted by Crippen LogP contribution is 2.19. The first kappa shape index (κ1) is 17.5. The molecule has 1 saturated heterocycles. The van der Waals surface area contributed by atoms with Crippen LogP contribution in [0.3, 0.4) is 0 Å². The van der Waals surface area contributed by atoms with Gasteiger partial charge in [0.25, 0.3) is 0 Å². The molecule has 0 radical (unpaired) electrons. The molecule has 0 saturated carbocycles. The summed E-state index contributed by atoms with van der Waals surface area (Å²) in [6, 6.07) is 11.6. The van der Waals surface area contributed by atoms with Gasteiger partial charge in [-0.15, -0.1) is 11.3 Å². The maximum Gasteiger partial charge on any atom is 0.317 e. The van der Waals surface area contributed by atoms with E-state index in [9.17, 15) is 9.59 Å². The molecule has 1 aromatic carbocycles. The van der Waals surface area contributed by atoms with Crippen molar-refractivity contribution in [3.05, 3.63) is 52.2 Å². The molecule has 3 rings (SSSR count). The fraction of sp³-hybridized carbons (Fsp3) is 0.368. The summed E-state index contributed by atoms with van der Waals surface area (Å²) in [5.41, 5.74) is 1.96. The highest BCUT2D eigenvalue weighted by molar-refractivity contribution is 7.09. The molecule has 0 spiro atoms. The molecular weight excluding hydrogens is 334 g/mol. The number of amides is 3. The van der Waals surface area contributed by atoms with Gasteiger partial charge in [0, 0.05) is 23.7 Å². The summed E-state index contributed by atoms with van der Waals surface area (Å²) in [6.07, 6.45) is 1.66. The van der Waals surface area contributed by atoms with Crippen LogP contribution in [0.4, 0.5) is 10.5 Å². The second-order valence-corrected chi connectivity index (χ2v) is 7.41. The van der Waals surface area contributed by atoms with Gasteiger partial charge < -0.3 is 15.5 Å². The number of aryl methyl sites for hydroxylation is 1. The topological polar surface area (TPSA) is 61.4 Å². The average Bonchev–Trinajstić information content (AvgIpc) is 3.15. The second-order valence-electron chi connectivity index (χ2n) is 6.38. The lowest BCUT2D eigenvalue weighted by atomic mass is 9.97. The summed E-state index contributed by atoms with van der Waals surface area (Å²) in [4.78, 5) is 27.7. The number of carbonyl (C=O) groups excluding carboxylic acids is 2. The second kappa shape index (κ2) is 8.16. The highest BCUT2D eigenvalue weighted by Gasteiger charge is 2.28. The van der Waals surface area contributed by atoms with Gasteiger partial charge in [0.05, 0.1) is 12.5 Å². The first-order valence-corrected chi connectivity index (χ1v) is 9.42. The Balaban J connectivity index is 1.52. The number of thiophene rings is 1. The Kier molecular flexibility index (Phi) is 5.71. The third-order valence-corrected chi connectivity index (χ3v) is 5.27. The molecule has 2 aromatic rings. The molecule has 2 heterocycles. The van der Waals surface area contributed by atoms with Gasteiger partial charge in [0.2, 0.25) is 5.91 Å². The van der Waals surface area contributed by atoms with Crippen LogP contribution in [-0.2, 0) is 11.3 Å². The largest absolute Gasteiger partial charge is 0.333 e. The first-order valence-electron chi connectivity index (χ1n) is 8.54. The van der Waals surface area contributed by atoms with Crippen molar-refractivity contribution in [3.63, 3.8) is 0 Å². The maximum atomic E-state index is 12.5. The molecule has 5 nitrogen and oxygen atoms in total. The minimum Gasteiger partial charge on any atom is -0.333 e. The Morgan fingerprint density at radius 3 is 2.76 bits per heavy atom. The predicted octanol–water partition coefficient (Wildman–Crippen LogP) is 3.62. The van der Waals surface area contributed by atoms with Gasteiger partial charge in [-0.25, -0.2) is 4.79 Å². The van der Waals surface area contributed by atoms with E-state index in [1.54, 1.807) is 16.2 Å². The number of urea groups is 1.